The molecular weight excluding hydrogens is 344 g/mol. The number of hydrogen-bond donors (Lipinski definition) is 1. The molecule has 2 unspecified atom stereocenters. The molecule has 0 saturated carbocycles. The van der Waals surface area contributed by atoms with Crippen LogP contribution in [0, 0.1) is 6.92 Å². The van der Waals surface area contributed by atoms with Crippen LogP contribution in [0.5, 0.6) is 0 Å². The molecule has 2 fully saturated rings. The Morgan fingerprint density at radius 1 is 1.26 bits per heavy atom. The molecule has 6 heteroatoms. The van der Waals surface area contributed by atoms with Crippen LogP contribution < -0.4 is 0 Å². The number of aliphatic hydroxyl groups is 1. The second-order valence-corrected chi connectivity index (χ2v) is 7.48. The molecule has 1 aromatic carbocycles. The van der Waals surface area contributed by atoms with Crippen LogP contribution in [-0.4, -0.2) is 46.4 Å². The molecule has 2 aliphatic rings. The Labute approximate surface area is 158 Å². The maximum absolute atomic E-state index is 12.7. The van der Waals surface area contributed by atoms with Crippen LogP contribution in [0.4, 0.5) is 4.79 Å². The number of benzene rings is 1. The zero-order valence-electron chi connectivity index (χ0n) is 15.4. The van der Waals surface area contributed by atoms with Crippen LogP contribution in [0.3, 0.4) is 0 Å². The van der Waals surface area contributed by atoms with Gasteiger partial charge in [-0.3, -0.25) is 9.88 Å². The van der Waals surface area contributed by atoms with E-state index in [4.69, 9.17) is 9.47 Å². The maximum Gasteiger partial charge on any atom is 0.410 e. The minimum absolute atomic E-state index is 0.216. The first-order chi connectivity index (χ1) is 13.0. The summed E-state index contributed by atoms with van der Waals surface area (Å²) in [4.78, 5) is 18.7. The molecule has 142 valence electrons. The van der Waals surface area contributed by atoms with Crippen LogP contribution in [-0.2, 0) is 21.7 Å². The second-order valence-electron chi connectivity index (χ2n) is 7.48. The molecule has 2 saturated heterocycles. The number of nitrogens with zero attached hydrogens (tertiary/aromatic N) is 2. The number of ether oxygens (including phenoxy) is 2. The van der Waals surface area contributed by atoms with Gasteiger partial charge in [0.15, 0.2) is 0 Å². The lowest BCUT2D eigenvalue weighted by molar-refractivity contribution is -0.137. The van der Waals surface area contributed by atoms with E-state index in [1.54, 1.807) is 17.3 Å². The minimum Gasteiger partial charge on any atom is -0.445 e. The lowest BCUT2D eigenvalue weighted by Gasteiger charge is -2.50. The Bertz CT molecular complexity index is 797. The fourth-order valence-electron chi connectivity index (χ4n) is 4.11. The van der Waals surface area contributed by atoms with Crippen molar-refractivity contribution < 1.29 is 19.4 Å². The van der Waals surface area contributed by atoms with E-state index in [2.05, 4.69) is 4.98 Å². The molecule has 4 rings (SSSR count). The molecule has 1 N–H and O–H groups in total. The summed E-state index contributed by atoms with van der Waals surface area (Å²) >= 11 is 0. The van der Waals surface area contributed by atoms with E-state index in [0.29, 0.717) is 26.1 Å². The number of carbonyl (C=O) groups excluding carboxylic acids is 1. The van der Waals surface area contributed by atoms with Crippen molar-refractivity contribution in [1.29, 1.82) is 0 Å². The van der Waals surface area contributed by atoms with Gasteiger partial charge in [0.25, 0.3) is 0 Å². The predicted molar refractivity (Wildman–Crippen MR) is 99.0 cm³/mol. The average Bonchev–Trinajstić information content (AvgIpc) is 2.66. The van der Waals surface area contributed by atoms with Crippen LogP contribution in [0.15, 0.2) is 48.8 Å². The highest BCUT2D eigenvalue weighted by molar-refractivity contribution is 5.69. The third-order valence-corrected chi connectivity index (χ3v) is 5.38. The normalized spacial score (nSPS) is 27.3. The summed E-state index contributed by atoms with van der Waals surface area (Å²) in [6.45, 7) is 3.00. The van der Waals surface area contributed by atoms with E-state index in [-0.39, 0.29) is 24.8 Å². The number of rotatable bonds is 3. The molecule has 27 heavy (non-hydrogen) atoms. The Kier molecular flexibility index (Phi) is 4.85. The number of morpholine rings is 1. The molecule has 0 radical (unpaired) electrons. The summed E-state index contributed by atoms with van der Waals surface area (Å²) in [5.74, 6) is 0. The molecule has 2 aliphatic heterocycles. The second kappa shape index (κ2) is 7.29. The molecule has 1 amide bonds. The molecule has 0 spiro atoms. The van der Waals surface area contributed by atoms with Gasteiger partial charge in [0.2, 0.25) is 0 Å². The molecule has 0 aliphatic carbocycles. The Morgan fingerprint density at radius 2 is 1.96 bits per heavy atom. The number of carbonyl (C=O) groups is 1. The topological polar surface area (TPSA) is 71.9 Å². The van der Waals surface area contributed by atoms with Gasteiger partial charge in [-0.1, -0.05) is 36.4 Å². The number of fused-ring (bicyclic) bond motifs is 2. The number of amides is 1. The first-order valence-electron chi connectivity index (χ1n) is 9.26. The van der Waals surface area contributed by atoms with Crippen LogP contribution in [0.1, 0.15) is 29.5 Å². The van der Waals surface area contributed by atoms with Crippen molar-refractivity contribution in [1.82, 2.24) is 9.88 Å². The van der Waals surface area contributed by atoms with E-state index in [9.17, 15) is 9.90 Å². The van der Waals surface area contributed by atoms with Crippen molar-refractivity contribution in [2.24, 2.45) is 0 Å². The van der Waals surface area contributed by atoms with Gasteiger partial charge >= 0.3 is 6.09 Å². The van der Waals surface area contributed by atoms with Crippen molar-refractivity contribution in [3.63, 3.8) is 0 Å². The largest absolute Gasteiger partial charge is 0.445 e. The van der Waals surface area contributed by atoms with Crippen molar-refractivity contribution >= 4 is 6.09 Å². The summed E-state index contributed by atoms with van der Waals surface area (Å²) in [7, 11) is 0. The van der Waals surface area contributed by atoms with Gasteiger partial charge in [-0.05, 0) is 18.1 Å². The Morgan fingerprint density at radius 3 is 2.63 bits per heavy atom. The standard InChI is InChI=1S/C21H24N2O4/c1-15-7-17(11-22-10-15)21(25)8-18-13-26-14-19(9-21)23(18)20(24)27-12-16-5-3-2-4-6-16/h2-7,10-11,18-19,25H,8-9,12-14H2,1H3. The fourth-order valence-corrected chi connectivity index (χ4v) is 4.11. The van der Waals surface area contributed by atoms with Gasteiger partial charge in [0.05, 0.1) is 30.9 Å². The van der Waals surface area contributed by atoms with E-state index >= 15 is 0 Å². The third-order valence-electron chi connectivity index (χ3n) is 5.38. The maximum atomic E-state index is 12.7. The average molecular weight is 368 g/mol. The van der Waals surface area contributed by atoms with Crippen LogP contribution in [0.2, 0.25) is 0 Å². The number of aromatic nitrogens is 1. The zero-order chi connectivity index (χ0) is 18.9. The lowest BCUT2D eigenvalue weighted by Crippen LogP contribution is -2.62. The number of aryl methyl sites for hydroxylation is 1. The van der Waals surface area contributed by atoms with E-state index in [0.717, 1.165) is 16.7 Å². The first-order valence-corrected chi connectivity index (χ1v) is 9.26. The highest BCUT2D eigenvalue weighted by atomic mass is 16.6. The van der Waals surface area contributed by atoms with Gasteiger partial charge in [0, 0.05) is 30.8 Å². The van der Waals surface area contributed by atoms with Crippen molar-refractivity contribution in [3.05, 3.63) is 65.5 Å². The molecule has 2 atom stereocenters. The SMILES string of the molecule is Cc1cncc(C2(O)CC3COCC(C2)N3C(=O)OCc2ccccc2)c1. The Hall–Kier alpha value is -2.44. The monoisotopic (exact) mass is 368 g/mol. The zero-order valence-corrected chi connectivity index (χ0v) is 15.4. The lowest BCUT2D eigenvalue weighted by atomic mass is 9.77. The van der Waals surface area contributed by atoms with Gasteiger partial charge in [-0.2, -0.15) is 0 Å². The highest BCUT2D eigenvalue weighted by Crippen LogP contribution is 2.41. The quantitative estimate of drug-likeness (QED) is 0.902. The smallest absolute Gasteiger partial charge is 0.410 e. The van der Waals surface area contributed by atoms with Crippen LogP contribution in [0.25, 0.3) is 0 Å². The first kappa shape index (κ1) is 17.9. The van der Waals surface area contributed by atoms with Gasteiger partial charge in [-0.25, -0.2) is 4.79 Å². The molecule has 2 aromatic rings. The van der Waals surface area contributed by atoms with Crippen molar-refractivity contribution in [3.8, 4) is 0 Å². The van der Waals surface area contributed by atoms with Crippen molar-refractivity contribution in [2.75, 3.05) is 13.2 Å². The summed E-state index contributed by atoms with van der Waals surface area (Å²) in [6, 6.07) is 11.2. The highest BCUT2D eigenvalue weighted by Gasteiger charge is 2.49. The molecule has 2 bridgehead atoms. The van der Waals surface area contributed by atoms with E-state index in [1.807, 2.05) is 43.3 Å². The predicted octanol–water partition coefficient (Wildman–Crippen LogP) is 2.78. The number of pyridine rings is 1. The summed E-state index contributed by atoms with van der Waals surface area (Å²) in [6.07, 6.45) is 3.96. The van der Waals surface area contributed by atoms with Gasteiger partial charge in [0.1, 0.15) is 6.61 Å². The third kappa shape index (κ3) is 3.68. The molecular formula is C21H24N2O4. The summed E-state index contributed by atoms with van der Waals surface area (Å²) in [5, 5.41) is 11.3. The summed E-state index contributed by atoms with van der Waals surface area (Å²) < 4.78 is 11.2. The molecule has 6 nitrogen and oxygen atoms in total. The van der Waals surface area contributed by atoms with E-state index < -0.39 is 5.60 Å². The molecule has 3 heterocycles. The Balaban J connectivity index is 1.49. The number of piperidine rings is 1. The number of hydrogen-bond acceptors (Lipinski definition) is 5. The van der Waals surface area contributed by atoms with Crippen molar-refractivity contribution in [2.45, 2.75) is 44.1 Å². The van der Waals surface area contributed by atoms with Gasteiger partial charge < -0.3 is 14.6 Å². The van der Waals surface area contributed by atoms with Gasteiger partial charge in [-0.15, -0.1) is 0 Å². The minimum atomic E-state index is -1.01. The fraction of sp³-hybridized carbons (Fsp3) is 0.429. The van der Waals surface area contributed by atoms with E-state index in [1.165, 1.54) is 0 Å². The summed E-state index contributed by atoms with van der Waals surface area (Å²) in [5.41, 5.74) is 1.75. The van der Waals surface area contributed by atoms with Crippen LogP contribution >= 0.6 is 0 Å². The molecule has 1 aromatic heterocycles.